The number of hydrogen-bond donors (Lipinski definition) is 0. The Morgan fingerprint density at radius 1 is 0.203 bits per heavy atom. The highest BCUT2D eigenvalue weighted by atomic mass is 15.1. The Morgan fingerprint density at radius 2 is 0.551 bits per heavy atom. The predicted molar refractivity (Wildman–Crippen MR) is 286 cm³/mol. The molecule has 0 saturated heterocycles. The molecule has 0 atom stereocenters. The molecule has 0 saturated carbocycles. The molecule has 0 radical (unpaired) electrons. The maximum atomic E-state index is 2.51. The number of fused-ring (bicyclic) bond motifs is 13. The minimum Gasteiger partial charge on any atom is -0.310 e. The highest BCUT2D eigenvalue weighted by molar-refractivity contribution is 5.97. The lowest BCUT2D eigenvalue weighted by molar-refractivity contribution is 0.768. The van der Waals surface area contributed by atoms with Crippen molar-refractivity contribution in [3.8, 4) is 55.6 Å². The van der Waals surface area contributed by atoms with E-state index >= 15 is 0 Å². The van der Waals surface area contributed by atoms with Crippen molar-refractivity contribution in [1.82, 2.24) is 0 Å². The monoisotopic (exact) mass is 875 g/mol. The standard InChI is InChI=1S/C68H45N/c1-4-20-46(21-5-1)53-26-10-11-27-54(53)47-36-38-50(39-37-47)69(51-41-43-65-60(44-51)58-31-15-16-32-61(58)67(65,48-22-6-2-7-23-48)49-24-8-3-9-25-49)52-40-42-59-57-30-14-19-35-64(57)68(66(59)45-52)62-33-17-12-28-55(62)56-29-13-18-34-63(56)68/h1-45H. The van der Waals surface area contributed by atoms with Gasteiger partial charge >= 0.3 is 0 Å². The van der Waals surface area contributed by atoms with E-state index in [1.807, 2.05) is 0 Å². The fourth-order valence-electron chi connectivity index (χ4n) is 12.6. The van der Waals surface area contributed by atoms with E-state index in [2.05, 4.69) is 278 Å². The molecule has 0 bridgehead atoms. The van der Waals surface area contributed by atoms with E-state index in [1.165, 1.54) is 100 Å². The topological polar surface area (TPSA) is 3.24 Å². The van der Waals surface area contributed by atoms with Gasteiger partial charge in [-0.05, 0) is 137 Å². The van der Waals surface area contributed by atoms with E-state index in [0.717, 1.165) is 17.1 Å². The van der Waals surface area contributed by atoms with Crippen LogP contribution >= 0.6 is 0 Å². The third-order valence-electron chi connectivity index (χ3n) is 15.4. The van der Waals surface area contributed by atoms with Gasteiger partial charge in [0, 0.05) is 17.1 Å². The summed E-state index contributed by atoms with van der Waals surface area (Å²) in [4.78, 5) is 2.49. The second-order valence-electron chi connectivity index (χ2n) is 18.7. The first-order valence-corrected chi connectivity index (χ1v) is 24.1. The van der Waals surface area contributed by atoms with Gasteiger partial charge in [0.15, 0.2) is 0 Å². The van der Waals surface area contributed by atoms with E-state index < -0.39 is 10.8 Å². The molecule has 0 fully saturated rings. The van der Waals surface area contributed by atoms with Crippen molar-refractivity contribution >= 4 is 17.1 Å². The van der Waals surface area contributed by atoms with Crippen LogP contribution < -0.4 is 4.90 Å². The molecular weight excluding hydrogens is 831 g/mol. The zero-order valence-electron chi connectivity index (χ0n) is 37.9. The molecule has 69 heavy (non-hydrogen) atoms. The summed E-state index contributed by atoms with van der Waals surface area (Å²) in [6, 6.07) is 102. The van der Waals surface area contributed by atoms with Gasteiger partial charge in [-0.1, -0.05) is 237 Å². The Balaban J connectivity index is 1.00. The highest BCUT2D eigenvalue weighted by Crippen LogP contribution is 2.64. The molecule has 0 aliphatic heterocycles. The van der Waals surface area contributed by atoms with Crippen LogP contribution in [0.5, 0.6) is 0 Å². The largest absolute Gasteiger partial charge is 0.310 e. The summed E-state index contributed by atoms with van der Waals surface area (Å²) in [6.45, 7) is 0. The van der Waals surface area contributed by atoms with Crippen LogP contribution in [-0.2, 0) is 10.8 Å². The van der Waals surface area contributed by atoms with E-state index in [4.69, 9.17) is 0 Å². The lowest BCUT2D eigenvalue weighted by Crippen LogP contribution is -2.28. The smallest absolute Gasteiger partial charge is 0.0726 e. The number of hydrogen-bond acceptors (Lipinski definition) is 1. The van der Waals surface area contributed by atoms with Gasteiger partial charge in [-0.2, -0.15) is 0 Å². The van der Waals surface area contributed by atoms with Crippen LogP contribution in [0.3, 0.4) is 0 Å². The molecule has 0 N–H and O–H groups in total. The van der Waals surface area contributed by atoms with Crippen LogP contribution in [0.4, 0.5) is 17.1 Å². The zero-order valence-corrected chi connectivity index (χ0v) is 37.9. The van der Waals surface area contributed by atoms with E-state index in [-0.39, 0.29) is 0 Å². The molecule has 0 amide bonds. The maximum Gasteiger partial charge on any atom is 0.0726 e. The first-order valence-electron chi connectivity index (χ1n) is 24.1. The molecule has 1 nitrogen and oxygen atoms in total. The SMILES string of the molecule is c1ccc(-c2ccccc2-c2ccc(N(c3ccc4c(c3)-c3ccccc3C4(c3ccccc3)c3ccccc3)c3ccc4c(c3)C3(c5ccccc5-c5ccccc53)c3ccccc3-4)cc2)cc1. The molecule has 14 rings (SSSR count). The van der Waals surface area contributed by atoms with Crippen LogP contribution in [0.15, 0.2) is 273 Å². The zero-order chi connectivity index (χ0) is 45.5. The molecule has 11 aromatic carbocycles. The lowest BCUT2D eigenvalue weighted by Gasteiger charge is -2.34. The third-order valence-corrected chi connectivity index (χ3v) is 15.4. The molecule has 11 aromatic rings. The van der Waals surface area contributed by atoms with Gasteiger partial charge < -0.3 is 4.90 Å². The van der Waals surface area contributed by atoms with E-state index in [1.54, 1.807) is 0 Å². The minimum atomic E-state index is -0.486. The third kappa shape index (κ3) is 5.59. The fourth-order valence-corrected chi connectivity index (χ4v) is 12.6. The summed E-state index contributed by atoms with van der Waals surface area (Å²) in [5, 5.41) is 0. The van der Waals surface area contributed by atoms with E-state index in [0.29, 0.717) is 0 Å². The Hall–Kier alpha value is -8.78. The number of benzene rings is 11. The van der Waals surface area contributed by atoms with Crippen molar-refractivity contribution in [1.29, 1.82) is 0 Å². The highest BCUT2D eigenvalue weighted by Gasteiger charge is 2.52. The Kier molecular flexibility index (Phi) is 8.78. The average Bonchev–Trinajstić information content (AvgIpc) is 4.02. The van der Waals surface area contributed by atoms with Gasteiger partial charge in [0.05, 0.1) is 10.8 Å². The van der Waals surface area contributed by atoms with E-state index in [9.17, 15) is 0 Å². The summed E-state index contributed by atoms with van der Waals surface area (Å²) < 4.78 is 0. The molecule has 322 valence electrons. The fraction of sp³-hybridized carbons (Fsp3) is 0.0294. The van der Waals surface area contributed by atoms with Crippen molar-refractivity contribution in [2.75, 3.05) is 4.90 Å². The van der Waals surface area contributed by atoms with Crippen LogP contribution in [0.25, 0.3) is 55.6 Å². The first kappa shape index (κ1) is 39.4. The van der Waals surface area contributed by atoms with Crippen molar-refractivity contribution in [3.05, 3.63) is 317 Å². The maximum absolute atomic E-state index is 2.51. The predicted octanol–water partition coefficient (Wildman–Crippen LogP) is 17.2. The molecule has 1 heteroatoms. The van der Waals surface area contributed by atoms with Crippen LogP contribution in [-0.4, -0.2) is 0 Å². The quantitative estimate of drug-likeness (QED) is 0.154. The van der Waals surface area contributed by atoms with Crippen molar-refractivity contribution in [2.24, 2.45) is 0 Å². The lowest BCUT2D eigenvalue weighted by atomic mass is 9.68. The summed E-state index contributed by atoms with van der Waals surface area (Å²) in [6.07, 6.45) is 0. The second-order valence-corrected chi connectivity index (χ2v) is 18.7. The Bertz CT molecular complexity index is 3670. The van der Waals surface area contributed by atoms with Crippen LogP contribution in [0.2, 0.25) is 0 Å². The van der Waals surface area contributed by atoms with Crippen LogP contribution in [0, 0.1) is 0 Å². The molecule has 0 unspecified atom stereocenters. The molecule has 0 heterocycles. The average molecular weight is 876 g/mol. The molecule has 0 aromatic heterocycles. The second kappa shape index (κ2) is 15.4. The molecule has 3 aliphatic carbocycles. The van der Waals surface area contributed by atoms with Crippen molar-refractivity contribution in [3.63, 3.8) is 0 Å². The molecule has 1 spiro atoms. The normalized spacial score (nSPS) is 13.7. The first-order chi connectivity index (χ1) is 34.2. The van der Waals surface area contributed by atoms with Gasteiger partial charge in [-0.25, -0.2) is 0 Å². The van der Waals surface area contributed by atoms with Gasteiger partial charge in [0.25, 0.3) is 0 Å². The van der Waals surface area contributed by atoms with Gasteiger partial charge in [0.1, 0.15) is 0 Å². The van der Waals surface area contributed by atoms with Gasteiger partial charge in [-0.15, -0.1) is 0 Å². The number of rotatable bonds is 7. The van der Waals surface area contributed by atoms with Gasteiger partial charge in [0.2, 0.25) is 0 Å². The Labute approximate surface area is 403 Å². The summed E-state index contributed by atoms with van der Waals surface area (Å²) >= 11 is 0. The summed E-state index contributed by atoms with van der Waals surface area (Å²) in [5.41, 5.74) is 25.4. The Morgan fingerprint density at radius 3 is 1.07 bits per heavy atom. The number of nitrogens with zero attached hydrogens (tertiary/aromatic N) is 1. The van der Waals surface area contributed by atoms with Gasteiger partial charge in [-0.3, -0.25) is 0 Å². The summed E-state index contributed by atoms with van der Waals surface area (Å²) in [5.74, 6) is 0. The van der Waals surface area contributed by atoms with Crippen LogP contribution in [0.1, 0.15) is 44.5 Å². The van der Waals surface area contributed by atoms with Crippen molar-refractivity contribution < 1.29 is 0 Å². The minimum absolute atomic E-state index is 0.465. The molecule has 3 aliphatic rings. The molecular formula is C68H45N. The number of anilines is 3. The van der Waals surface area contributed by atoms with Crippen molar-refractivity contribution in [2.45, 2.75) is 10.8 Å². The summed E-state index contributed by atoms with van der Waals surface area (Å²) in [7, 11) is 0.